The molecule has 1 fully saturated rings. The SMILES string of the molecule is FC(F)(F)C(F)(F)C(F)(F)c1cccc(CNc2cccc(Oc3cccc(C4CC4)c3)c2)c1. The first-order chi connectivity index (χ1) is 16.0. The van der Waals surface area contributed by atoms with E-state index in [1.165, 1.54) is 11.6 Å². The van der Waals surface area contributed by atoms with E-state index in [0.29, 0.717) is 35.2 Å². The molecule has 0 heterocycles. The molecule has 0 radical (unpaired) electrons. The van der Waals surface area contributed by atoms with Gasteiger partial charge in [-0.25, -0.2) is 0 Å². The van der Waals surface area contributed by atoms with Crippen LogP contribution in [0.3, 0.4) is 0 Å². The van der Waals surface area contributed by atoms with E-state index in [-0.39, 0.29) is 12.1 Å². The Hall–Kier alpha value is -3.23. The summed E-state index contributed by atoms with van der Waals surface area (Å²) in [7, 11) is 0. The monoisotopic (exact) mass is 483 g/mol. The van der Waals surface area contributed by atoms with E-state index in [1.54, 1.807) is 24.3 Å². The number of rotatable bonds is 8. The summed E-state index contributed by atoms with van der Waals surface area (Å²) in [6.07, 6.45) is -4.07. The van der Waals surface area contributed by atoms with Gasteiger partial charge in [-0.1, -0.05) is 36.4 Å². The van der Waals surface area contributed by atoms with E-state index in [2.05, 4.69) is 5.32 Å². The van der Waals surface area contributed by atoms with Crippen molar-refractivity contribution in [1.82, 2.24) is 0 Å². The number of hydrogen-bond donors (Lipinski definition) is 1. The fraction of sp³-hybridized carbons (Fsp3) is 0.280. The molecule has 1 aliphatic carbocycles. The largest absolute Gasteiger partial charge is 0.460 e. The number of nitrogens with one attached hydrogen (secondary N) is 1. The second kappa shape index (κ2) is 8.85. The molecule has 0 unspecified atom stereocenters. The minimum Gasteiger partial charge on any atom is -0.457 e. The summed E-state index contributed by atoms with van der Waals surface area (Å²) >= 11 is 0. The van der Waals surface area contributed by atoms with E-state index in [9.17, 15) is 30.7 Å². The maximum atomic E-state index is 14.0. The van der Waals surface area contributed by atoms with E-state index >= 15 is 0 Å². The predicted octanol–water partition coefficient (Wildman–Crippen LogP) is 8.26. The number of alkyl halides is 7. The Kier molecular flexibility index (Phi) is 6.22. The molecule has 0 saturated heterocycles. The Morgan fingerprint density at radius 1 is 0.765 bits per heavy atom. The molecule has 0 atom stereocenters. The third kappa shape index (κ3) is 4.98. The summed E-state index contributed by atoms with van der Waals surface area (Å²) in [6.45, 7) is -0.0812. The Morgan fingerprint density at radius 2 is 1.41 bits per heavy atom. The van der Waals surface area contributed by atoms with Crippen LogP contribution in [0.15, 0.2) is 72.8 Å². The van der Waals surface area contributed by atoms with Crippen molar-refractivity contribution in [3.63, 3.8) is 0 Å². The molecule has 4 rings (SSSR count). The van der Waals surface area contributed by atoms with Crippen molar-refractivity contribution in [2.24, 2.45) is 0 Å². The summed E-state index contributed by atoms with van der Waals surface area (Å²) in [4.78, 5) is 0. The van der Waals surface area contributed by atoms with Crippen LogP contribution in [0.2, 0.25) is 0 Å². The van der Waals surface area contributed by atoms with Gasteiger partial charge in [0.15, 0.2) is 0 Å². The summed E-state index contributed by atoms with van der Waals surface area (Å²) in [6, 6.07) is 18.1. The predicted molar refractivity (Wildman–Crippen MR) is 114 cm³/mol. The highest BCUT2D eigenvalue weighted by Crippen LogP contribution is 2.51. The van der Waals surface area contributed by atoms with Crippen LogP contribution < -0.4 is 10.1 Å². The minimum absolute atomic E-state index is 0.0812. The molecule has 9 heteroatoms. The minimum atomic E-state index is -6.39. The fourth-order valence-electron chi connectivity index (χ4n) is 3.49. The van der Waals surface area contributed by atoms with Crippen LogP contribution in [0.1, 0.15) is 35.4 Å². The normalized spacial score (nSPS) is 14.7. The molecule has 0 aliphatic heterocycles. The molecule has 2 nitrogen and oxygen atoms in total. The van der Waals surface area contributed by atoms with Crippen LogP contribution in [0, 0.1) is 0 Å². The average Bonchev–Trinajstić information content (AvgIpc) is 3.63. The number of hydrogen-bond acceptors (Lipinski definition) is 2. The van der Waals surface area contributed by atoms with Crippen molar-refractivity contribution in [3.05, 3.63) is 89.5 Å². The fourth-order valence-corrected chi connectivity index (χ4v) is 3.49. The van der Waals surface area contributed by atoms with Crippen LogP contribution in [0.4, 0.5) is 36.4 Å². The smallest absolute Gasteiger partial charge is 0.457 e. The summed E-state index contributed by atoms with van der Waals surface area (Å²) in [5, 5.41) is 2.94. The Balaban J connectivity index is 1.45. The molecule has 3 aromatic carbocycles. The van der Waals surface area contributed by atoms with Crippen molar-refractivity contribution >= 4 is 5.69 Å². The quantitative estimate of drug-likeness (QED) is 0.326. The van der Waals surface area contributed by atoms with Gasteiger partial charge in [-0.3, -0.25) is 0 Å². The standard InChI is InChI=1S/C25H20F7NO/c26-23(27,24(28,29)25(30,31)32)19-6-1-4-16(12-19)15-33-20-7-3-9-22(14-20)34-21-8-2-5-18(13-21)17-10-11-17/h1-9,12-14,17,33H,10-11,15H2. The van der Waals surface area contributed by atoms with Crippen molar-refractivity contribution in [3.8, 4) is 11.5 Å². The number of benzene rings is 3. The molecule has 0 aromatic heterocycles. The molecule has 0 bridgehead atoms. The first kappa shape index (κ1) is 23.9. The lowest BCUT2D eigenvalue weighted by atomic mass is 9.99. The van der Waals surface area contributed by atoms with Crippen molar-refractivity contribution in [1.29, 1.82) is 0 Å². The van der Waals surface area contributed by atoms with Gasteiger partial charge in [-0.05, 0) is 60.2 Å². The highest BCUT2D eigenvalue weighted by Gasteiger charge is 2.73. The highest BCUT2D eigenvalue weighted by molar-refractivity contribution is 5.50. The van der Waals surface area contributed by atoms with E-state index in [1.807, 2.05) is 24.3 Å². The number of ether oxygens (including phenoxy) is 1. The maximum Gasteiger partial charge on any atom is 0.460 e. The van der Waals surface area contributed by atoms with E-state index in [0.717, 1.165) is 18.9 Å². The summed E-state index contributed by atoms with van der Waals surface area (Å²) in [5.74, 6) is -9.86. The van der Waals surface area contributed by atoms with Crippen molar-refractivity contribution in [2.75, 3.05) is 5.32 Å². The molecule has 1 saturated carbocycles. The van der Waals surface area contributed by atoms with Crippen molar-refractivity contribution in [2.45, 2.75) is 43.3 Å². The maximum absolute atomic E-state index is 14.0. The first-order valence-corrected chi connectivity index (χ1v) is 10.5. The lowest BCUT2D eigenvalue weighted by Crippen LogP contribution is -2.50. The Bertz CT molecular complexity index is 1160. The van der Waals surface area contributed by atoms with Crippen LogP contribution in [-0.4, -0.2) is 12.1 Å². The average molecular weight is 483 g/mol. The van der Waals surface area contributed by atoms with Gasteiger partial charge in [-0.2, -0.15) is 30.7 Å². The third-order valence-electron chi connectivity index (χ3n) is 5.51. The molecule has 0 spiro atoms. The zero-order valence-electron chi connectivity index (χ0n) is 17.7. The molecule has 180 valence electrons. The number of halogens is 7. The van der Waals surface area contributed by atoms with Gasteiger partial charge in [0, 0.05) is 23.9 Å². The Labute approximate surface area is 191 Å². The van der Waals surface area contributed by atoms with E-state index < -0.39 is 23.6 Å². The molecular weight excluding hydrogens is 463 g/mol. The summed E-state index contributed by atoms with van der Waals surface area (Å²) < 4.78 is 98.1. The van der Waals surface area contributed by atoms with Crippen LogP contribution in [0.25, 0.3) is 0 Å². The van der Waals surface area contributed by atoms with Crippen LogP contribution in [0.5, 0.6) is 11.5 Å². The molecule has 1 N–H and O–H groups in total. The molecule has 3 aromatic rings. The molecule has 34 heavy (non-hydrogen) atoms. The van der Waals surface area contributed by atoms with Gasteiger partial charge < -0.3 is 10.1 Å². The topological polar surface area (TPSA) is 21.3 Å². The van der Waals surface area contributed by atoms with Gasteiger partial charge in [0.1, 0.15) is 11.5 Å². The lowest BCUT2D eigenvalue weighted by molar-refractivity contribution is -0.359. The van der Waals surface area contributed by atoms with Crippen molar-refractivity contribution < 1.29 is 35.5 Å². The second-order valence-corrected chi connectivity index (χ2v) is 8.18. The second-order valence-electron chi connectivity index (χ2n) is 8.18. The van der Waals surface area contributed by atoms with Gasteiger partial charge in [-0.15, -0.1) is 0 Å². The zero-order valence-corrected chi connectivity index (χ0v) is 17.7. The Morgan fingerprint density at radius 3 is 2.09 bits per heavy atom. The van der Waals surface area contributed by atoms with E-state index in [4.69, 9.17) is 4.74 Å². The molecule has 0 amide bonds. The van der Waals surface area contributed by atoms with Gasteiger partial charge in [0.2, 0.25) is 0 Å². The molecule has 1 aliphatic rings. The van der Waals surface area contributed by atoms with Crippen LogP contribution in [-0.2, 0) is 12.5 Å². The van der Waals surface area contributed by atoms with Gasteiger partial charge in [0.25, 0.3) is 0 Å². The lowest BCUT2D eigenvalue weighted by Gasteiger charge is -2.28. The van der Waals surface area contributed by atoms with Gasteiger partial charge in [0.05, 0.1) is 0 Å². The highest BCUT2D eigenvalue weighted by atomic mass is 19.4. The van der Waals surface area contributed by atoms with Gasteiger partial charge >= 0.3 is 18.0 Å². The third-order valence-corrected chi connectivity index (χ3v) is 5.51. The summed E-state index contributed by atoms with van der Waals surface area (Å²) in [5.41, 5.74) is 0.452. The molecular formula is C25H20F7NO. The van der Waals surface area contributed by atoms with Crippen LogP contribution >= 0.6 is 0 Å². The first-order valence-electron chi connectivity index (χ1n) is 10.5. The zero-order chi connectivity index (χ0) is 24.6. The number of anilines is 1.